The van der Waals surface area contributed by atoms with Crippen LogP contribution in [0.15, 0.2) is 18.2 Å². The number of carbonyl (C=O) groups excluding carboxylic acids is 1. The Morgan fingerprint density at radius 2 is 1.91 bits per heavy atom. The third-order valence-corrected chi connectivity index (χ3v) is 4.62. The van der Waals surface area contributed by atoms with Crippen LogP contribution in [0, 0.1) is 17.2 Å². The van der Waals surface area contributed by atoms with Crippen LogP contribution in [0.2, 0.25) is 5.02 Å². The first-order valence-electron chi connectivity index (χ1n) is 8.08. The van der Waals surface area contributed by atoms with Crippen molar-refractivity contribution < 1.29 is 14.3 Å². The van der Waals surface area contributed by atoms with Gasteiger partial charge >= 0.3 is 5.97 Å². The first-order valence-corrected chi connectivity index (χ1v) is 8.46. The fourth-order valence-electron chi connectivity index (χ4n) is 3.02. The summed E-state index contributed by atoms with van der Waals surface area (Å²) in [5.74, 6) is 0.620. The Balaban J connectivity index is 1.94. The highest BCUT2D eigenvalue weighted by Gasteiger charge is 2.22. The predicted octanol–water partition coefficient (Wildman–Crippen LogP) is 4.49. The van der Waals surface area contributed by atoms with Crippen molar-refractivity contribution in [3.63, 3.8) is 0 Å². The van der Waals surface area contributed by atoms with Gasteiger partial charge in [-0.1, -0.05) is 18.0 Å². The maximum atomic E-state index is 11.7. The van der Waals surface area contributed by atoms with E-state index in [1.165, 1.54) is 7.11 Å². The van der Waals surface area contributed by atoms with Crippen molar-refractivity contribution >= 4 is 17.6 Å². The number of methoxy groups -OCH3 is 1. The molecule has 1 aliphatic rings. The summed E-state index contributed by atoms with van der Waals surface area (Å²) in [7, 11) is 1.45. The Kier molecular flexibility index (Phi) is 6.73. The molecule has 1 saturated carbocycles. The standard InChI is InChI=1S/C18H22ClNO3/c1-22-18(21)13-5-2-3-7-15(8-4-6-13)23-16-10-9-14(12-20)17(19)11-16/h9-11,13,15H,2-8H2,1H3/t13-,15-/m1/s1. The van der Waals surface area contributed by atoms with E-state index in [0.717, 1.165) is 44.9 Å². The van der Waals surface area contributed by atoms with E-state index in [0.29, 0.717) is 16.3 Å². The van der Waals surface area contributed by atoms with Gasteiger partial charge in [0, 0.05) is 6.07 Å². The fourth-order valence-corrected chi connectivity index (χ4v) is 3.23. The van der Waals surface area contributed by atoms with Crippen LogP contribution in [0.1, 0.15) is 50.5 Å². The molecule has 0 aromatic heterocycles. The highest BCUT2D eigenvalue weighted by atomic mass is 35.5. The van der Waals surface area contributed by atoms with Crippen LogP contribution < -0.4 is 4.74 Å². The Bertz CT molecular complexity index is 582. The number of carbonyl (C=O) groups is 1. The zero-order valence-corrected chi connectivity index (χ0v) is 14.1. The van der Waals surface area contributed by atoms with Crippen LogP contribution in [0.25, 0.3) is 0 Å². The predicted molar refractivity (Wildman–Crippen MR) is 88.4 cm³/mol. The second kappa shape index (κ2) is 8.79. The zero-order valence-electron chi connectivity index (χ0n) is 13.4. The lowest BCUT2D eigenvalue weighted by atomic mass is 9.97. The van der Waals surface area contributed by atoms with Gasteiger partial charge in [0.2, 0.25) is 0 Å². The highest BCUT2D eigenvalue weighted by molar-refractivity contribution is 6.31. The van der Waals surface area contributed by atoms with E-state index in [1.54, 1.807) is 18.2 Å². The Morgan fingerprint density at radius 3 is 2.61 bits per heavy atom. The molecular formula is C18H22ClNO3. The van der Waals surface area contributed by atoms with E-state index in [2.05, 4.69) is 0 Å². The molecular weight excluding hydrogens is 314 g/mol. The van der Waals surface area contributed by atoms with Crippen LogP contribution >= 0.6 is 11.6 Å². The second-order valence-corrected chi connectivity index (χ2v) is 6.34. The van der Waals surface area contributed by atoms with Crippen molar-refractivity contribution in [2.45, 2.75) is 51.0 Å². The normalized spacial score (nSPS) is 22.1. The molecule has 5 heteroatoms. The largest absolute Gasteiger partial charge is 0.490 e. The molecule has 1 aromatic carbocycles. The number of benzene rings is 1. The lowest BCUT2D eigenvalue weighted by Gasteiger charge is -2.19. The molecule has 0 N–H and O–H groups in total. The van der Waals surface area contributed by atoms with Gasteiger partial charge in [-0.05, 0) is 50.7 Å². The molecule has 2 atom stereocenters. The Morgan fingerprint density at radius 1 is 1.22 bits per heavy atom. The summed E-state index contributed by atoms with van der Waals surface area (Å²) >= 11 is 6.05. The molecule has 0 heterocycles. The van der Waals surface area contributed by atoms with Gasteiger partial charge < -0.3 is 9.47 Å². The molecule has 0 bridgehead atoms. The minimum absolute atomic E-state index is 0.0168. The minimum Gasteiger partial charge on any atom is -0.490 e. The average molecular weight is 336 g/mol. The topological polar surface area (TPSA) is 59.3 Å². The summed E-state index contributed by atoms with van der Waals surface area (Å²) in [6.07, 6.45) is 6.71. The van der Waals surface area contributed by atoms with Crippen molar-refractivity contribution in [2.75, 3.05) is 7.11 Å². The molecule has 0 aliphatic heterocycles. The summed E-state index contributed by atoms with van der Waals surface area (Å²) in [5, 5.41) is 9.32. The zero-order chi connectivity index (χ0) is 16.7. The monoisotopic (exact) mass is 335 g/mol. The Hall–Kier alpha value is -1.73. The van der Waals surface area contributed by atoms with E-state index in [9.17, 15) is 4.79 Å². The molecule has 23 heavy (non-hydrogen) atoms. The van der Waals surface area contributed by atoms with E-state index >= 15 is 0 Å². The molecule has 4 nitrogen and oxygen atoms in total. The lowest BCUT2D eigenvalue weighted by Crippen LogP contribution is -2.17. The number of halogens is 1. The van der Waals surface area contributed by atoms with Crippen LogP contribution in [0.4, 0.5) is 0 Å². The average Bonchev–Trinajstić information content (AvgIpc) is 2.66. The number of esters is 1. The van der Waals surface area contributed by atoms with Gasteiger partial charge in [0.1, 0.15) is 11.8 Å². The van der Waals surface area contributed by atoms with Crippen LogP contribution in [-0.2, 0) is 9.53 Å². The summed E-state index contributed by atoms with van der Waals surface area (Å²) in [5.41, 5.74) is 0.453. The van der Waals surface area contributed by atoms with Gasteiger partial charge in [-0.15, -0.1) is 0 Å². The summed E-state index contributed by atoms with van der Waals surface area (Å²) in [6, 6.07) is 7.21. The van der Waals surface area contributed by atoms with Crippen molar-refractivity contribution in [1.82, 2.24) is 0 Å². The molecule has 0 radical (unpaired) electrons. The maximum absolute atomic E-state index is 11.7. The van der Waals surface area contributed by atoms with Gasteiger partial charge in [-0.2, -0.15) is 5.26 Å². The number of nitriles is 1. The molecule has 0 spiro atoms. The van der Waals surface area contributed by atoms with Gasteiger partial charge in [-0.25, -0.2) is 0 Å². The molecule has 124 valence electrons. The molecule has 1 fully saturated rings. The van der Waals surface area contributed by atoms with Crippen molar-refractivity contribution in [1.29, 1.82) is 5.26 Å². The maximum Gasteiger partial charge on any atom is 0.308 e. The SMILES string of the molecule is COC(=O)[C@@H]1CCCC[C@@H](Oc2ccc(C#N)c(Cl)c2)CCC1. The molecule has 1 aliphatic carbocycles. The van der Waals surface area contributed by atoms with Gasteiger partial charge in [0.05, 0.1) is 29.7 Å². The van der Waals surface area contributed by atoms with Crippen LogP contribution in [-0.4, -0.2) is 19.2 Å². The minimum atomic E-state index is -0.0942. The van der Waals surface area contributed by atoms with E-state index in [1.807, 2.05) is 6.07 Å². The number of ether oxygens (including phenoxy) is 2. The van der Waals surface area contributed by atoms with Gasteiger partial charge in [0.15, 0.2) is 0 Å². The second-order valence-electron chi connectivity index (χ2n) is 5.93. The first-order chi connectivity index (χ1) is 11.1. The fraction of sp³-hybridized carbons (Fsp3) is 0.556. The van der Waals surface area contributed by atoms with Crippen molar-refractivity contribution in [3.05, 3.63) is 28.8 Å². The van der Waals surface area contributed by atoms with Crippen molar-refractivity contribution in [2.24, 2.45) is 5.92 Å². The molecule has 0 saturated heterocycles. The third-order valence-electron chi connectivity index (χ3n) is 4.31. The molecule has 0 amide bonds. The number of rotatable bonds is 3. The number of hydrogen-bond acceptors (Lipinski definition) is 4. The number of hydrogen-bond donors (Lipinski definition) is 0. The Labute approximate surface area is 142 Å². The highest BCUT2D eigenvalue weighted by Crippen LogP contribution is 2.27. The lowest BCUT2D eigenvalue weighted by molar-refractivity contribution is -0.146. The van der Waals surface area contributed by atoms with E-state index in [4.69, 9.17) is 26.3 Å². The molecule has 0 unspecified atom stereocenters. The van der Waals surface area contributed by atoms with E-state index < -0.39 is 0 Å². The van der Waals surface area contributed by atoms with Gasteiger partial charge in [-0.3, -0.25) is 4.79 Å². The van der Waals surface area contributed by atoms with Crippen LogP contribution in [0.3, 0.4) is 0 Å². The summed E-state index contributed by atoms with van der Waals surface area (Å²) in [4.78, 5) is 11.7. The third kappa shape index (κ3) is 5.14. The van der Waals surface area contributed by atoms with Gasteiger partial charge in [0.25, 0.3) is 0 Å². The number of nitrogens with zero attached hydrogens (tertiary/aromatic N) is 1. The van der Waals surface area contributed by atoms with Crippen LogP contribution in [0.5, 0.6) is 5.75 Å². The summed E-state index contributed by atoms with van der Waals surface area (Å²) < 4.78 is 10.9. The first kappa shape index (κ1) is 17.6. The molecule has 1 aromatic rings. The quantitative estimate of drug-likeness (QED) is 0.763. The summed E-state index contributed by atoms with van der Waals surface area (Å²) in [6.45, 7) is 0. The smallest absolute Gasteiger partial charge is 0.308 e. The van der Waals surface area contributed by atoms with Crippen molar-refractivity contribution in [3.8, 4) is 11.8 Å². The molecule has 2 rings (SSSR count). The van der Waals surface area contributed by atoms with E-state index in [-0.39, 0.29) is 18.0 Å².